The molecule has 176 valence electrons. The molecule has 33 heavy (non-hydrogen) atoms. The summed E-state index contributed by atoms with van der Waals surface area (Å²) in [5.74, 6) is -0.492. The van der Waals surface area contributed by atoms with Gasteiger partial charge in [-0.25, -0.2) is 9.18 Å². The molecule has 1 aromatic heterocycles. The third-order valence-electron chi connectivity index (χ3n) is 6.10. The molecule has 3 amide bonds. The van der Waals surface area contributed by atoms with Crippen LogP contribution in [0.2, 0.25) is 0 Å². The number of benzene rings is 1. The lowest BCUT2D eigenvalue weighted by molar-refractivity contribution is -0.119. The maximum atomic E-state index is 15.0. The highest BCUT2D eigenvalue weighted by Crippen LogP contribution is 2.30. The summed E-state index contributed by atoms with van der Waals surface area (Å²) in [5, 5.41) is 2.62. The van der Waals surface area contributed by atoms with Crippen molar-refractivity contribution in [1.82, 2.24) is 10.2 Å². The number of piperidine rings is 1. The van der Waals surface area contributed by atoms with Crippen molar-refractivity contribution in [2.75, 3.05) is 43.0 Å². The fourth-order valence-electron chi connectivity index (χ4n) is 4.25. The molecule has 1 N–H and O–H groups in total. The van der Waals surface area contributed by atoms with Gasteiger partial charge in [0.25, 0.3) is 5.91 Å². The minimum Gasteiger partial charge on any atom is -0.459 e. The van der Waals surface area contributed by atoms with Crippen LogP contribution in [-0.4, -0.2) is 68.2 Å². The first kappa shape index (κ1) is 22.6. The molecule has 2 aliphatic heterocycles. The summed E-state index contributed by atoms with van der Waals surface area (Å²) in [6.07, 6.45) is 1.83. The maximum Gasteiger partial charge on any atom is 0.414 e. The van der Waals surface area contributed by atoms with E-state index >= 15 is 0 Å². The second-order valence-electron chi connectivity index (χ2n) is 8.30. The molecule has 10 heteroatoms. The Balaban J connectivity index is 1.36. The third-order valence-corrected chi connectivity index (χ3v) is 6.10. The van der Waals surface area contributed by atoms with Crippen molar-refractivity contribution in [3.8, 4) is 0 Å². The Kier molecular flexibility index (Phi) is 6.52. The van der Waals surface area contributed by atoms with Crippen molar-refractivity contribution < 1.29 is 27.9 Å². The van der Waals surface area contributed by atoms with Crippen molar-refractivity contribution in [2.24, 2.45) is 0 Å². The van der Waals surface area contributed by atoms with E-state index < -0.39 is 18.0 Å². The molecule has 0 radical (unpaired) electrons. The number of amides is 3. The normalized spacial score (nSPS) is 18.9. The first-order chi connectivity index (χ1) is 15.8. The molecule has 0 unspecified atom stereocenters. The number of rotatable bonds is 6. The quantitative estimate of drug-likeness (QED) is 0.715. The Morgan fingerprint density at radius 1 is 1.24 bits per heavy atom. The number of hydrogen-bond acceptors (Lipinski definition) is 6. The SMILES string of the molecule is CC(=O)NC[C@H]1CN(c2ccc(N3CCC(N(C)C(=O)c4ccco4)CC3)c(F)c2)C(=O)O1. The molecule has 2 fully saturated rings. The number of carbonyl (C=O) groups is 3. The van der Waals surface area contributed by atoms with Gasteiger partial charge in [-0.3, -0.25) is 14.5 Å². The molecule has 0 bridgehead atoms. The lowest BCUT2D eigenvalue weighted by atomic mass is 10.0. The van der Waals surface area contributed by atoms with Crippen LogP contribution in [0.1, 0.15) is 30.3 Å². The van der Waals surface area contributed by atoms with Gasteiger partial charge in [0, 0.05) is 33.1 Å². The van der Waals surface area contributed by atoms with Crippen molar-refractivity contribution in [2.45, 2.75) is 31.9 Å². The monoisotopic (exact) mass is 458 g/mol. The van der Waals surface area contributed by atoms with Gasteiger partial charge in [-0.2, -0.15) is 0 Å². The van der Waals surface area contributed by atoms with Gasteiger partial charge in [-0.1, -0.05) is 0 Å². The topological polar surface area (TPSA) is 95.3 Å². The summed E-state index contributed by atoms with van der Waals surface area (Å²) in [6.45, 7) is 3.03. The number of ether oxygens (including phenoxy) is 1. The molecule has 3 heterocycles. The van der Waals surface area contributed by atoms with Gasteiger partial charge in [0.1, 0.15) is 11.9 Å². The molecular formula is C23H27FN4O5. The average molecular weight is 458 g/mol. The van der Waals surface area contributed by atoms with E-state index in [2.05, 4.69) is 5.32 Å². The fraction of sp³-hybridized carbons (Fsp3) is 0.435. The van der Waals surface area contributed by atoms with Crippen LogP contribution < -0.4 is 15.1 Å². The fourth-order valence-corrected chi connectivity index (χ4v) is 4.25. The minimum absolute atomic E-state index is 0.0427. The van der Waals surface area contributed by atoms with Gasteiger partial charge in [-0.15, -0.1) is 0 Å². The van der Waals surface area contributed by atoms with Crippen molar-refractivity contribution >= 4 is 29.3 Å². The second-order valence-corrected chi connectivity index (χ2v) is 8.30. The molecule has 0 saturated carbocycles. The van der Waals surface area contributed by atoms with Crippen LogP contribution in [0.25, 0.3) is 0 Å². The van der Waals surface area contributed by atoms with E-state index in [1.165, 1.54) is 24.2 Å². The zero-order chi connectivity index (χ0) is 23.5. The predicted molar refractivity (Wildman–Crippen MR) is 119 cm³/mol. The summed E-state index contributed by atoms with van der Waals surface area (Å²) >= 11 is 0. The van der Waals surface area contributed by atoms with E-state index in [9.17, 15) is 18.8 Å². The van der Waals surface area contributed by atoms with E-state index in [0.29, 0.717) is 43.1 Å². The Hall–Kier alpha value is -3.56. The molecule has 4 rings (SSSR count). The largest absolute Gasteiger partial charge is 0.459 e. The lowest BCUT2D eigenvalue weighted by Crippen LogP contribution is -2.45. The highest BCUT2D eigenvalue weighted by atomic mass is 19.1. The first-order valence-corrected chi connectivity index (χ1v) is 10.9. The Labute approximate surface area is 191 Å². The Morgan fingerprint density at radius 3 is 2.64 bits per heavy atom. The zero-order valence-electron chi connectivity index (χ0n) is 18.6. The Morgan fingerprint density at radius 2 is 2.00 bits per heavy atom. The number of furan rings is 1. The van der Waals surface area contributed by atoms with E-state index in [1.807, 2.05) is 4.90 Å². The van der Waals surface area contributed by atoms with Gasteiger partial charge in [0.15, 0.2) is 5.76 Å². The number of hydrogen-bond donors (Lipinski definition) is 1. The van der Waals surface area contributed by atoms with Gasteiger partial charge in [-0.05, 0) is 43.2 Å². The molecule has 2 aromatic rings. The number of carbonyl (C=O) groups excluding carboxylic acids is 3. The van der Waals surface area contributed by atoms with Crippen LogP contribution in [0.3, 0.4) is 0 Å². The highest BCUT2D eigenvalue weighted by Gasteiger charge is 2.33. The summed E-state index contributed by atoms with van der Waals surface area (Å²) in [5.41, 5.74) is 0.866. The molecule has 1 aromatic carbocycles. The van der Waals surface area contributed by atoms with Crippen molar-refractivity contribution in [3.05, 3.63) is 48.2 Å². The summed E-state index contributed by atoms with van der Waals surface area (Å²) in [7, 11) is 1.76. The zero-order valence-corrected chi connectivity index (χ0v) is 18.6. The molecule has 0 aliphatic carbocycles. The van der Waals surface area contributed by atoms with Crippen molar-refractivity contribution in [3.63, 3.8) is 0 Å². The smallest absolute Gasteiger partial charge is 0.414 e. The number of nitrogens with one attached hydrogen (secondary N) is 1. The number of halogens is 1. The molecule has 2 saturated heterocycles. The summed E-state index contributed by atoms with van der Waals surface area (Å²) < 4.78 is 25.4. The van der Waals surface area contributed by atoms with Gasteiger partial charge in [0.05, 0.1) is 30.7 Å². The van der Waals surface area contributed by atoms with Crippen LogP contribution in [0, 0.1) is 5.82 Å². The van der Waals surface area contributed by atoms with E-state index in [0.717, 1.165) is 0 Å². The lowest BCUT2D eigenvalue weighted by Gasteiger charge is -2.37. The summed E-state index contributed by atoms with van der Waals surface area (Å²) in [4.78, 5) is 40.7. The molecule has 9 nitrogen and oxygen atoms in total. The molecule has 0 spiro atoms. The minimum atomic E-state index is -0.567. The van der Waals surface area contributed by atoms with E-state index in [4.69, 9.17) is 9.15 Å². The number of anilines is 2. The van der Waals surface area contributed by atoms with Crippen LogP contribution in [-0.2, 0) is 9.53 Å². The van der Waals surface area contributed by atoms with Crippen LogP contribution in [0.4, 0.5) is 20.6 Å². The standard InChI is InChI=1S/C23H27FN4O5/c1-15(29)25-13-18-14-28(23(31)33-18)17-5-6-20(19(24)12-17)27-9-7-16(8-10-27)26(2)22(30)21-4-3-11-32-21/h3-6,11-12,16,18H,7-10,13-14H2,1-2H3,(H,25,29)/t18-/m0/s1. The average Bonchev–Trinajstić information content (AvgIpc) is 3.47. The Bertz CT molecular complexity index is 1020. The predicted octanol–water partition coefficient (Wildman–Crippen LogP) is 2.62. The molecule has 2 aliphatic rings. The van der Waals surface area contributed by atoms with Gasteiger partial charge >= 0.3 is 6.09 Å². The summed E-state index contributed by atoms with van der Waals surface area (Å²) in [6, 6.07) is 8.05. The van der Waals surface area contributed by atoms with Gasteiger partial charge < -0.3 is 24.3 Å². The van der Waals surface area contributed by atoms with Gasteiger partial charge in [0.2, 0.25) is 5.91 Å². The number of nitrogens with zero attached hydrogens (tertiary/aromatic N) is 3. The third kappa shape index (κ3) is 4.94. The van der Waals surface area contributed by atoms with Crippen LogP contribution >= 0.6 is 0 Å². The van der Waals surface area contributed by atoms with E-state index in [-0.39, 0.29) is 30.9 Å². The second kappa shape index (κ2) is 9.51. The number of cyclic esters (lactones) is 1. The molecular weight excluding hydrogens is 431 g/mol. The molecule has 1 atom stereocenters. The van der Waals surface area contributed by atoms with Crippen LogP contribution in [0.5, 0.6) is 0 Å². The van der Waals surface area contributed by atoms with E-state index in [1.54, 1.807) is 36.2 Å². The first-order valence-electron chi connectivity index (χ1n) is 10.9. The maximum absolute atomic E-state index is 15.0. The van der Waals surface area contributed by atoms with Crippen molar-refractivity contribution in [1.29, 1.82) is 0 Å². The van der Waals surface area contributed by atoms with Crippen LogP contribution in [0.15, 0.2) is 41.0 Å². The highest BCUT2D eigenvalue weighted by molar-refractivity contribution is 5.91.